The van der Waals surface area contributed by atoms with E-state index in [9.17, 15) is 4.79 Å². The minimum atomic E-state index is -0.624. The molecule has 4 nitrogen and oxygen atoms in total. The second-order valence-electron chi connectivity index (χ2n) is 4.58. The zero-order chi connectivity index (χ0) is 15.0. The minimum Gasteiger partial charge on any atom is -0.405 e. The van der Waals surface area contributed by atoms with Gasteiger partial charge in [-0.3, -0.25) is 0 Å². The number of allylic oxidation sites excluding steroid dienone is 3. The molecule has 4 heteroatoms. The van der Waals surface area contributed by atoms with Crippen molar-refractivity contribution >= 4 is 6.03 Å². The molecular formula is C16H21N3O. The Morgan fingerprint density at radius 1 is 1.35 bits per heavy atom. The maximum absolute atomic E-state index is 10.7. The van der Waals surface area contributed by atoms with E-state index < -0.39 is 6.03 Å². The van der Waals surface area contributed by atoms with Crippen molar-refractivity contribution in [1.82, 2.24) is 5.32 Å². The Morgan fingerprint density at radius 2 is 2.00 bits per heavy atom. The van der Waals surface area contributed by atoms with Gasteiger partial charge in [0, 0.05) is 5.70 Å². The number of primary amides is 1. The summed E-state index contributed by atoms with van der Waals surface area (Å²) in [5.74, 6) is 0. The van der Waals surface area contributed by atoms with Gasteiger partial charge in [-0.2, -0.15) is 0 Å². The number of amides is 2. The van der Waals surface area contributed by atoms with E-state index in [0.29, 0.717) is 5.70 Å². The molecule has 0 saturated carbocycles. The topological polar surface area (TPSA) is 81.1 Å². The molecule has 1 rings (SSSR count). The molecule has 0 aliphatic rings. The lowest BCUT2D eigenvalue weighted by Crippen LogP contribution is -2.27. The Morgan fingerprint density at radius 3 is 2.55 bits per heavy atom. The van der Waals surface area contributed by atoms with Gasteiger partial charge in [0.15, 0.2) is 0 Å². The van der Waals surface area contributed by atoms with Crippen LogP contribution in [0, 0.1) is 6.92 Å². The fourth-order valence-electron chi connectivity index (χ4n) is 1.79. The Bertz CT molecular complexity index is 527. The number of nitrogens with two attached hydrogens (primary N) is 2. The van der Waals surface area contributed by atoms with Crippen LogP contribution in [0.5, 0.6) is 0 Å². The van der Waals surface area contributed by atoms with Crippen molar-refractivity contribution in [3.63, 3.8) is 0 Å². The van der Waals surface area contributed by atoms with E-state index in [1.807, 2.05) is 0 Å². The summed E-state index contributed by atoms with van der Waals surface area (Å²) < 4.78 is 0. The van der Waals surface area contributed by atoms with Crippen molar-refractivity contribution in [3.8, 4) is 0 Å². The van der Waals surface area contributed by atoms with Crippen LogP contribution in [0.15, 0.2) is 60.5 Å². The summed E-state index contributed by atoms with van der Waals surface area (Å²) in [6.45, 7) is 5.78. The first-order valence-corrected chi connectivity index (χ1v) is 6.41. The van der Waals surface area contributed by atoms with Crippen LogP contribution in [0.2, 0.25) is 0 Å². The lowest BCUT2D eigenvalue weighted by atomic mass is 10.0. The van der Waals surface area contributed by atoms with Gasteiger partial charge in [0.05, 0.1) is 0 Å². The molecule has 2 amide bonds. The largest absolute Gasteiger partial charge is 0.405 e. The maximum Gasteiger partial charge on any atom is 0.316 e. The number of nitrogens with one attached hydrogen (secondary N) is 1. The number of urea groups is 1. The van der Waals surface area contributed by atoms with Crippen LogP contribution in [-0.2, 0) is 6.42 Å². The number of rotatable bonds is 6. The molecule has 1 aromatic carbocycles. The Hall–Kier alpha value is -2.49. The molecule has 5 N–H and O–H groups in total. The highest BCUT2D eigenvalue weighted by atomic mass is 16.2. The van der Waals surface area contributed by atoms with Gasteiger partial charge >= 0.3 is 6.03 Å². The molecule has 0 aromatic heterocycles. The van der Waals surface area contributed by atoms with Crippen molar-refractivity contribution in [2.75, 3.05) is 0 Å². The molecule has 0 aliphatic heterocycles. The smallest absolute Gasteiger partial charge is 0.316 e. The van der Waals surface area contributed by atoms with Gasteiger partial charge in [-0.15, -0.1) is 0 Å². The Labute approximate surface area is 119 Å². The van der Waals surface area contributed by atoms with Crippen LogP contribution in [0.4, 0.5) is 4.79 Å². The van der Waals surface area contributed by atoms with Crippen LogP contribution in [0.25, 0.3) is 0 Å². The third-order valence-electron chi connectivity index (χ3n) is 2.78. The van der Waals surface area contributed by atoms with Gasteiger partial charge in [0.25, 0.3) is 0 Å². The number of carbonyl (C=O) groups is 1. The van der Waals surface area contributed by atoms with Crippen LogP contribution in [-0.4, -0.2) is 6.03 Å². The van der Waals surface area contributed by atoms with E-state index >= 15 is 0 Å². The standard InChI is InChI=1S/C16H21N3O/c1-12-3-5-14(6-4-12)7-8-15(9-10-17)11-13(2)19-16(18)20/h3-6,9-11H,2,7-8,17H2,1H3,(H3,18,19,20)/b10-9-,15-11-. The first-order valence-electron chi connectivity index (χ1n) is 6.41. The fraction of sp³-hybridized carbons (Fsp3) is 0.188. The van der Waals surface area contributed by atoms with E-state index in [-0.39, 0.29) is 0 Å². The predicted molar refractivity (Wildman–Crippen MR) is 82.8 cm³/mol. The minimum absolute atomic E-state index is 0.453. The third kappa shape index (κ3) is 5.91. The molecular weight excluding hydrogens is 250 g/mol. The highest BCUT2D eigenvalue weighted by molar-refractivity contribution is 5.74. The number of hydrogen-bond acceptors (Lipinski definition) is 2. The average Bonchev–Trinajstić information content (AvgIpc) is 2.37. The van der Waals surface area contributed by atoms with E-state index in [0.717, 1.165) is 18.4 Å². The molecule has 0 heterocycles. The van der Waals surface area contributed by atoms with Gasteiger partial charge in [-0.1, -0.05) is 36.4 Å². The molecule has 1 aromatic rings. The summed E-state index contributed by atoms with van der Waals surface area (Å²) in [7, 11) is 0. The van der Waals surface area contributed by atoms with E-state index in [1.54, 1.807) is 12.2 Å². The van der Waals surface area contributed by atoms with Gasteiger partial charge in [0.1, 0.15) is 0 Å². The van der Waals surface area contributed by atoms with Crippen LogP contribution in [0.1, 0.15) is 17.5 Å². The molecule has 0 saturated heterocycles. The molecule has 20 heavy (non-hydrogen) atoms. The monoisotopic (exact) mass is 271 g/mol. The summed E-state index contributed by atoms with van der Waals surface area (Å²) in [4.78, 5) is 10.7. The van der Waals surface area contributed by atoms with Gasteiger partial charge < -0.3 is 16.8 Å². The number of aryl methyl sites for hydroxylation is 2. The fourth-order valence-corrected chi connectivity index (χ4v) is 1.79. The molecule has 0 aliphatic carbocycles. The van der Waals surface area contributed by atoms with E-state index in [1.165, 1.54) is 17.3 Å². The third-order valence-corrected chi connectivity index (χ3v) is 2.78. The Kier molecular flexibility index (Phi) is 6.10. The predicted octanol–water partition coefficient (Wildman–Crippen LogP) is 2.51. The van der Waals surface area contributed by atoms with E-state index in [4.69, 9.17) is 11.5 Å². The molecule has 0 fully saturated rings. The van der Waals surface area contributed by atoms with Gasteiger partial charge in [-0.25, -0.2) is 4.79 Å². The second kappa shape index (κ2) is 7.84. The molecule has 0 radical (unpaired) electrons. The summed E-state index contributed by atoms with van der Waals surface area (Å²) >= 11 is 0. The highest BCUT2D eigenvalue weighted by Gasteiger charge is 1.99. The molecule has 0 spiro atoms. The SMILES string of the molecule is C=C(/C=C(\C=C/N)CCc1ccc(C)cc1)NC(N)=O. The molecule has 106 valence electrons. The lowest BCUT2D eigenvalue weighted by Gasteiger charge is -2.06. The van der Waals surface area contributed by atoms with Crippen LogP contribution >= 0.6 is 0 Å². The van der Waals surface area contributed by atoms with Gasteiger partial charge in [-0.05, 0) is 49.3 Å². The molecule has 0 bridgehead atoms. The zero-order valence-electron chi connectivity index (χ0n) is 11.7. The summed E-state index contributed by atoms with van der Waals surface area (Å²) in [6.07, 6.45) is 6.72. The normalized spacial score (nSPS) is 11.6. The summed E-state index contributed by atoms with van der Waals surface area (Å²) in [5.41, 5.74) is 14.4. The molecule has 0 atom stereocenters. The highest BCUT2D eigenvalue weighted by Crippen LogP contribution is 2.12. The average molecular weight is 271 g/mol. The van der Waals surface area contributed by atoms with Crippen molar-refractivity contribution < 1.29 is 4.79 Å². The first kappa shape index (κ1) is 15.6. The van der Waals surface area contributed by atoms with E-state index in [2.05, 4.69) is 43.1 Å². The molecule has 0 unspecified atom stereocenters. The van der Waals surface area contributed by atoms with Crippen LogP contribution < -0.4 is 16.8 Å². The van der Waals surface area contributed by atoms with Crippen molar-refractivity contribution in [1.29, 1.82) is 0 Å². The zero-order valence-corrected chi connectivity index (χ0v) is 11.7. The quantitative estimate of drug-likeness (QED) is 0.695. The maximum atomic E-state index is 10.7. The van der Waals surface area contributed by atoms with Crippen LogP contribution in [0.3, 0.4) is 0 Å². The lowest BCUT2D eigenvalue weighted by molar-refractivity contribution is 0.251. The number of benzene rings is 1. The van der Waals surface area contributed by atoms with Crippen molar-refractivity contribution in [2.24, 2.45) is 11.5 Å². The Balaban J connectivity index is 2.67. The number of hydrogen-bond donors (Lipinski definition) is 3. The first-order chi connectivity index (χ1) is 9.51. The second-order valence-corrected chi connectivity index (χ2v) is 4.58. The summed E-state index contributed by atoms with van der Waals surface area (Å²) in [5, 5.41) is 2.43. The number of carbonyl (C=O) groups excluding carboxylic acids is 1. The summed E-state index contributed by atoms with van der Waals surface area (Å²) in [6, 6.07) is 7.77. The van der Waals surface area contributed by atoms with Crippen molar-refractivity contribution in [3.05, 3.63) is 71.6 Å². The van der Waals surface area contributed by atoms with Gasteiger partial charge in [0.2, 0.25) is 0 Å². The van der Waals surface area contributed by atoms with Crippen molar-refractivity contribution in [2.45, 2.75) is 19.8 Å².